The van der Waals surface area contributed by atoms with Crippen molar-refractivity contribution in [1.29, 1.82) is 0 Å². The van der Waals surface area contributed by atoms with Crippen LogP contribution in [0.25, 0.3) is 0 Å². The molecule has 390 valence electrons. The molecule has 1 aliphatic rings. The summed E-state index contributed by atoms with van der Waals surface area (Å²) in [6.45, 7) is 2.97. The van der Waals surface area contributed by atoms with Crippen LogP contribution in [0.5, 0.6) is 0 Å². The van der Waals surface area contributed by atoms with E-state index in [1.54, 1.807) is 0 Å². The summed E-state index contributed by atoms with van der Waals surface area (Å²) in [6.07, 6.45) is 35.0. The fourth-order valence-corrected chi connectivity index (χ4v) is 8.43. The van der Waals surface area contributed by atoms with Crippen LogP contribution in [-0.4, -0.2) is 78.1 Å². The van der Waals surface area contributed by atoms with Crippen LogP contribution in [0, 0.1) is 0 Å². The van der Waals surface area contributed by atoms with Gasteiger partial charge in [0.15, 0.2) is 6.10 Å². The molecule has 0 aromatic heterocycles. The van der Waals surface area contributed by atoms with E-state index in [2.05, 4.69) is 19.3 Å². The molecule has 67 heavy (non-hydrogen) atoms. The highest BCUT2D eigenvalue weighted by Crippen LogP contribution is 2.43. The quantitative estimate of drug-likeness (QED) is 0.0145. The third-order valence-electron chi connectivity index (χ3n) is 11.7. The van der Waals surface area contributed by atoms with Crippen molar-refractivity contribution in [3.63, 3.8) is 0 Å². The first-order chi connectivity index (χ1) is 32.5. The van der Waals surface area contributed by atoms with E-state index in [0.29, 0.717) is 17.9 Å². The number of hydroxylamine groups is 3. The second-order valence-corrected chi connectivity index (χ2v) is 19.5. The predicted molar refractivity (Wildman–Crippen MR) is 257 cm³/mol. The van der Waals surface area contributed by atoms with Gasteiger partial charge in [-0.1, -0.05) is 194 Å². The van der Waals surface area contributed by atoms with Crippen molar-refractivity contribution in [1.82, 2.24) is 10.5 Å². The highest BCUT2D eigenvalue weighted by molar-refractivity contribution is 7.47. The van der Waals surface area contributed by atoms with Gasteiger partial charge in [0, 0.05) is 38.5 Å². The summed E-state index contributed by atoms with van der Waals surface area (Å²) >= 11 is 0. The number of esters is 2. The number of hydrogen-bond donors (Lipinski definition) is 2. The Morgan fingerprint density at radius 1 is 0.522 bits per heavy atom. The Kier molecular flexibility index (Phi) is 40.0. The Hall–Kier alpha value is -2.91. The third-order valence-corrected chi connectivity index (χ3v) is 12.7. The zero-order valence-electron chi connectivity index (χ0n) is 41.7. The number of ether oxygens (including phenoxy) is 2. The molecule has 0 bridgehead atoms. The van der Waals surface area contributed by atoms with Crippen molar-refractivity contribution < 1.29 is 66.4 Å². The van der Waals surface area contributed by atoms with Crippen LogP contribution in [0.15, 0.2) is 0 Å². The number of unbranched alkanes of at least 4 members (excludes halogenated alkanes) is 28. The fourth-order valence-electron chi connectivity index (χ4n) is 7.68. The lowest BCUT2D eigenvalue weighted by Gasteiger charge is -2.20. The number of carbonyl (C=O) groups is 6. The zero-order chi connectivity index (χ0) is 49.1. The number of hydrogen-bond acceptors (Lipinski definition) is 14. The monoisotopic (exact) mass is 975 g/mol. The molecule has 2 amide bonds. The number of phosphoric ester groups is 1. The summed E-state index contributed by atoms with van der Waals surface area (Å²) in [5.41, 5.74) is 2.29. The minimum absolute atomic E-state index is 0.0196. The van der Waals surface area contributed by atoms with Gasteiger partial charge < -0.3 is 24.0 Å². The highest BCUT2D eigenvalue weighted by Gasteiger charge is 2.33. The maximum absolute atomic E-state index is 12.8. The summed E-state index contributed by atoms with van der Waals surface area (Å²) in [7, 11) is -4.67. The van der Waals surface area contributed by atoms with E-state index in [4.69, 9.17) is 28.2 Å². The summed E-state index contributed by atoms with van der Waals surface area (Å²) in [5.74, 6) is -3.76. The molecule has 1 rings (SSSR count). The standard InChI is InChI=1S/C50H91N2O14P/c1-3-5-7-9-11-13-15-17-19-21-23-25-27-29-31-34-47(55)61-42-44(64-48(56)35-32-30-28-26-24-22-20-18-16-14-12-10-8-6-4-2)43-63-67(59,60)62-41-40-51-65-49(57)36-33-37-50(58)66-52-45(53)38-39-46(52)54/h44,51H,3-43H2,1-2H3,(H,59,60)/t44-/m1/s1. The van der Waals surface area contributed by atoms with Gasteiger partial charge in [0.05, 0.1) is 19.8 Å². The van der Waals surface area contributed by atoms with Crippen LogP contribution in [0.1, 0.15) is 251 Å². The Morgan fingerprint density at radius 2 is 0.910 bits per heavy atom. The van der Waals surface area contributed by atoms with E-state index in [1.807, 2.05) is 0 Å². The smallest absolute Gasteiger partial charge is 0.462 e. The van der Waals surface area contributed by atoms with Crippen molar-refractivity contribution in [3.05, 3.63) is 0 Å². The first-order valence-corrected chi connectivity index (χ1v) is 27.9. The SMILES string of the molecule is CCCCCCCCCCCCCCCCCC(=O)OC[C@H](COP(=O)(O)OCCNOC(=O)CCCC(=O)ON1C(=O)CCC1=O)OC(=O)CCCCCCCCCCCCCCCCC. The van der Waals surface area contributed by atoms with E-state index in [1.165, 1.54) is 141 Å². The van der Waals surface area contributed by atoms with Crippen molar-refractivity contribution in [3.8, 4) is 0 Å². The van der Waals surface area contributed by atoms with Crippen LogP contribution >= 0.6 is 7.82 Å². The molecule has 1 heterocycles. The van der Waals surface area contributed by atoms with E-state index < -0.39 is 62.8 Å². The van der Waals surface area contributed by atoms with E-state index in [-0.39, 0.29) is 58.1 Å². The third kappa shape index (κ3) is 38.6. The van der Waals surface area contributed by atoms with Gasteiger partial charge in [0.1, 0.15) is 6.61 Å². The number of phosphoric acid groups is 1. The number of amides is 2. The molecule has 2 N–H and O–H groups in total. The average Bonchev–Trinajstić information content (AvgIpc) is 3.61. The van der Waals surface area contributed by atoms with Gasteiger partial charge >= 0.3 is 31.7 Å². The lowest BCUT2D eigenvalue weighted by molar-refractivity contribution is -0.197. The maximum atomic E-state index is 12.8. The van der Waals surface area contributed by atoms with Gasteiger partial charge in [-0.15, -0.1) is 5.06 Å². The number of imide groups is 1. The molecule has 1 fully saturated rings. The Labute approximate surface area is 403 Å². The van der Waals surface area contributed by atoms with Gasteiger partial charge in [0.25, 0.3) is 11.8 Å². The largest absolute Gasteiger partial charge is 0.472 e. The van der Waals surface area contributed by atoms with Gasteiger partial charge in [-0.3, -0.25) is 33.0 Å². The number of nitrogens with one attached hydrogen (secondary N) is 1. The lowest BCUT2D eigenvalue weighted by Crippen LogP contribution is -2.32. The predicted octanol–water partition coefficient (Wildman–Crippen LogP) is 11.9. The molecule has 2 atom stereocenters. The van der Waals surface area contributed by atoms with Crippen molar-refractivity contribution in [2.24, 2.45) is 0 Å². The molecule has 0 aromatic carbocycles. The van der Waals surface area contributed by atoms with Crippen LogP contribution in [0.4, 0.5) is 0 Å². The van der Waals surface area contributed by atoms with Crippen LogP contribution < -0.4 is 5.48 Å². The van der Waals surface area contributed by atoms with Crippen molar-refractivity contribution >= 4 is 43.5 Å². The Balaban J connectivity index is 2.37. The van der Waals surface area contributed by atoms with Crippen LogP contribution in [0.2, 0.25) is 0 Å². The van der Waals surface area contributed by atoms with Crippen molar-refractivity contribution in [2.45, 2.75) is 258 Å². The minimum atomic E-state index is -4.67. The fraction of sp³-hybridized carbons (Fsp3) is 0.880. The van der Waals surface area contributed by atoms with Crippen molar-refractivity contribution in [2.75, 3.05) is 26.4 Å². The minimum Gasteiger partial charge on any atom is -0.462 e. The first-order valence-electron chi connectivity index (χ1n) is 26.4. The van der Waals surface area contributed by atoms with Crippen LogP contribution in [-0.2, 0) is 61.5 Å². The second-order valence-electron chi connectivity index (χ2n) is 18.1. The normalized spacial score (nSPS) is 14.0. The Morgan fingerprint density at radius 3 is 1.36 bits per heavy atom. The molecule has 0 aromatic rings. The van der Waals surface area contributed by atoms with E-state index in [9.17, 15) is 38.2 Å². The molecule has 1 unspecified atom stereocenters. The molecular formula is C50H91N2O14P. The Bertz CT molecular complexity index is 1350. The summed E-state index contributed by atoms with van der Waals surface area (Å²) in [5, 5.41) is 0.429. The number of rotatable bonds is 48. The molecule has 0 saturated carbocycles. The number of nitrogens with zero attached hydrogens (tertiary/aromatic N) is 1. The van der Waals surface area contributed by atoms with Gasteiger partial charge in [-0.2, -0.15) is 5.48 Å². The molecule has 16 nitrogen and oxygen atoms in total. The summed E-state index contributed by atoms with van der Waals surface area (Å²) in [4.78, 5) is 92.2. The molecule has 0 spiro atoms. The zero-order valence-corrected chi connectivity index (χ0v) is 42.6. The molecule has 1 aliphatic heterocycles. The average molecular weight is 975 g/mol. The molecular weight excluding hydrogens is 884 g/mol. The second kappa shape index (κ2) is 43.1. The topological polar surface area (TPSA) is 210 Å². The summed E-state index contributed by atoms with van der Waals surface area (Å²) in [6, 6.07) is 0. The molecule has 1 saturated heterocycles. The maximum Gasteiger partial charge on any atom is 0.472 e. The summed E-state index contributed by atoms with van der Waals surface area (Å²) < 4.78 is 33.7. The molecule has 0 aliphatic carbocycles. The van der Waals surface area contributed by atoms with Gasteiger partial charge in [-0.05, 0) is 19.3 Å². The van der Waals surface area contributed by atoms with E-state index in [0.717, 1.165) is 38.5 Å². The molecule has 0 radical (unpaired) electrons. The van der Waals surface area contributed by atoms with E-state index >= 15 is 0 Å². The van der Waals surface area contributed by atoms with Gasteiger partial charge in [-0.25, -0.2) is 9.36 Å². The first kappa shape index (κ1) is 62.1. The van der Waals surface area contributed by atoms with Crippen LogP contribution in [0.3, 0.4) is 0 Å². The lowest BCUT2D eigenvalue weighted by atomic mass is 10.0. The number of carbonyl (C=O) groups excluding carboxylic acids is 6. The van der Waals surface area contributed by atoms with Gasteiger partial charge in [0.2, 0.25) is 0 Å². The molecule has 17 heteroatoms. The highest BCUT2D eigenvalue weighted by atomic mass is 31.2.